The molecule has 8 nitrogen and oxygen atoms in total. The van der Waals surface area contributed by atoms with Gasteiger partial charge in [-0.05, 0) is 58.6 Å². The SMILES string of the molecule is COC(C)C(=O)Oc1cc2cccc(C)c2c(OC(=O)C(C)(C)C)c1OC(=O)C(C)OC. The van der Waals surface area contributed by atoms with E-state index in [1.807, 2.05) is 19.1 Å². The Kier molecular flexibility index (Phi) is 7.98. The first-order chi connectivity index (χ1) is 14.9. The van der Waals surface area contributed by atoms with Crippen LogP contribution < -0.4 is 14.2 Å². The van der Waals surface area contributed by atoms with Crippen LogP contribution in [0.4, 0.5) is 0 Å². The number of carbonyl (C=O) groups excluding carboxylic acids is 3. The average molecular weight is 446 g/mol. The summed E-state index contributed by atoms with van der Waals surface area (Å²) in [4.78, 5) is 37.8. The lowest BCUT2D eigenvalue weighted by atomic mass is 9.97. The molecule has 2 rings (SSSR count). The van der Waals surface area contributed by atoms with E-state index in [0.29, 0.717) is 10.8 Å². The second-order valence-corrected chi connectivity index (χ2v) is 8.44. The van der Waals surface area contributed by atoms with E-state index in [0.717, 1.165) is 5.56 Å². The van der Waals surface area contributed by atoms with E-state index in [1.54, 1.807) is 32.9 Å². The Hall–Kier alpha value is -2.97. The Labute approximate surface area is 187 Å². The largest absolute Gasteiger partial charge is 0.421 e. The smallest absolute Gasteiger partial charge is 0.340 e. The Balaban J connectivity index is 2.79. The van der Waals surface area contributed by atoms with Crippen molar-refractivity contribution < 1.29 is 38.1 Å². The van der Waals surface area contributed by atoms with Gasteiger partial charge in [0.2, 0.25) is 5.75 Å². The van der Waals surface area contributed by atoms with Crippen molar-refractivity contribution in [2.45, 2.75) is 53.8 Å². The Morgan fingerprint density at radius 2 is 1.41 bits per heavy atom. The summed E-state index contributed by atoms with van der Waals surface area (Å²) in [6, 6.07) is 6.97. The number of aryl methyl sites for hydroxylation is 1. The van der Waals surface area contributed by atoms with Gasteiger partial charge in [0.25, 0.3) is 0 Å². The zero-order valence-electron chi connectivity index (χ0n) is 19.7. The van der Waals surface area contributed by atoms with Gasteiger partial charge >= 0.3 is 17.9 Å². The summed E-state index contributed by atoms with van der Waals surface area (Å²) in [5.41, 5.74) is -0.0627. The summed E-state index contributed by atoms with van der Waals surface area (Å²) in [6.45, 7) is 9.97. The summed E-state index contributed by atoms with van der Waals surface area (Å²) < 4.78 is 26.9. The number of hydrogen-bond donors (Lipinski definition) is 0. The molecular formula is C24H30O8. The third kappa shape index (κ3) is 5.63. The number of hydrogen-bond acceptors (Lipinski definition) is 8. The molecule has 0 fully saturated rings. The van der Waals surface area contributed by atoms with Gasteiger partial charge in [0, 0.05) is 19.6 Å². The predicted molar refractivity (Wildman–Crippen MR) is 118 cm³/mol. The zero-order valence-corrected chi connectivity index (χ0v) is 19.7. The zero-order chi connectivity index (χ0) is 24.2. The van der Waals surface area contributed by atoms with Crippen molar-refractivity contribution in [1.29, 1.82) is 0 Å². The molecule has 0 bridgehead atoms. The predicted octanol–water partition coefficient (Wildman–Crippen LogP) is 3.98. The van der Waals surface area contributed by atoms with Crippen LogP contribution >= 0.6 is 0 Å². The molecular weight excluding hydrogens is 416 g/mol. The highest BCUT2D eigenvalue weighted by Gasteiger charge is 2.31. The van der Waals surface area contributed by atoms with Gasteiger partial charge in [-0.25, -0.2) is 9.59 Å². The second-order valence-electron chi connectivity index (χ2n) is 8.44. The van der Waals surface area contributed by atoms with E-state index in [1.165, 1.54) is 28.1 Å². The second kappa shape index (κ2) is 10.1. The lowest BCUT2D eigenvalue weighted by molar-refractivity contribution is -0.148. The van der Waals surface area contributed by atoms with Gasteiger partial charge in [-0.15, -0.1) is 0 Å². The number of benzene rings is 2. The molecule has 2 unspecified atom stereocenters. The fourth-order valence-electron chi connectivity index (χ4n) is 2.64. The maximum atomic E-state index is 12.8. The van der Waals surface area contributed by atoms with Crippen molar-refractivity contribution in [3.8, 4) is 17.2 Å². The highest BCUT2D eigenvalue weighted by Crippen LogP contribution is 2.46. The van der Waals surface area contributed by atoms with Crippen molar-refractivity contribution in [2.75, 3.05) is 14.2 Å². The summed E-state index contributed by atoms with van der Waals surface area (Å²) in [5.74, 6) is -2.27. The number of rotatable bonds is 7. The Morgan fingerprint density at radius 3 is 1.94 bits per heavy atom. The van der Waals surface area contributed by atoms with Crippen molar-refractivity contribution in [3.63, 3.8) is 0 Å². The van der Waals surface area contributed by atoms with Crippen molar-refractivity contribution in [1.82, 2.24) is 0 Å². The van der Waals surface area contributed by atoms with Crippen molar-refractivity contribution >= 4 is 28.7 Å². The molecule has 2 aromatic carbocycles. The van der Waals surface area contributed by atoms with E-state index >= 15 is 0 Å². The van der Waals surface area contributed by atoms with Crippen LogP contribution in [-0.2, 0) is 23.9 Å². The van der Waals surface area contributed by atoms with Gasteiger partial charge in [-0.1, -0.05) is 18.2 Å². The van der Waals surface area contributed by atoms with Crippen LogP contribution in [0, 0.1) is 12.3 Å². The number of esters is 3. The minimum Gasteiger partial charge on any atom is -0.421 e. The average Bonchev–Trinajstić information content (AvgIpc) is 2.73. The van der Waals surface area contributed by atoms with E-state index in [2.05, 4.69) is 0 Å². The maximum Gasteiger partial charge on any atom is 0.340 e. The van der Waals surface area contributed by atoms with Crippen LogP contribution in [0.15, 0.2) is 24.3 Å². The summed E-state index contributed by atoms with van der Waals surface area (Å²) in [7, 11) is 2.73. The van der Waals surface area contributed by atoms with Gasteiger partial charge < -0.3 is 23.7 Å². The van der Waals surface area contributed by atoms with Gasteiger partial charge in [-0.2, -0.15) is 0 Å². The molecule has 0 aliphatic heterocycles. The number of fused-ring (bicyclic) bond motifs is 1. The molecule has 2 atom stereocenters. The molecule has 0 amide bonds. The Morgan fingerprint density at radius 1 is 0.844 bits per heavy atom. The molecule has 0 radical (unpaired) electrons. The first-order valence-electron chi connectivity index (χ1n) is 10.2. The highest BCUT2D eigenvalue weighted by molar-refractivity contribution is 5.99. The minimum absolute atomic E-state index is 0.00921. The fraction of sp³-hybridized carbons (Fsp3) is 0.458. The number of carbonyl (C=O) groups is 3. The lowest BCUT2D eigenvalue weighted by Gasteiger charge is -2.22. The Bertz CT molecular complexity index is 1020. The summed E-state index contributed by atoms with van der Waals surface area (Å²) in [6.07, 6.45) is -1.78. The van der Waals surface area contributed by atoms with Crippen LogP contribution in [0.3, 0.4) is 0 Å². The molecule has 0 aliphatic rings. The van der Waals surface area contributed by atoms with Crippen LogP contribution in [0.2, 0.25) is 0 Å². The fourth-order valence-corrected chi connectivity index (χ4v) is 2.64. The van der Waals surface area contributed by atoms with Crippen molar-refractivity contribution in [2.24, 2.45) is 5.41 Å². The summed E-state index contributed by atoms with van der Waals surface area (Å²) >= 11 is 0. The van der Waals surface area contributed by atoms with Gasteiger partial charge in [0.15, 0.2) is 23.7 Å². The molecule has 0 heterocycles. The quantitative estimate of drug-likeness (QED) is 0.465. The third-order valence-corrected chi connectivity index (χ3v) is 4.84. The van der Waals surface area contributed by atoms with Gasteiger partial charge in [-0.3, -0.25) is 4.79 Å². The molecule has 8 heteroatoms. The lowest BCUT2D eigenvalue weighted by Crippen LogP contribution is -2.28. The molecule has 174 valence electrons. The minimum atomic E-state index is -0.907. The first-order valence-corrected chi connectivity index (χ1v) is 10.2. The maximum absolute atomic E-state index is 12.8. The third-order valence-electron chi connectivity index (χ3n) is 4.84. The van der Waals surface area contributed by atoms with E-state index in [4.69, 9.17) is 23.7 Å². The molecule has 2 aromatic rings. The van der Waals surface area contributed by atoms with E-state index < -0.39 is 35.5 Å². The number of methoxy groups -OCH3 is 2. The van der Waals surface area contributed by atoms with E-state index in [-0.39, 0.29) is 17.2 Å². The van der Waals surface area contributed by atoms with Gasteiger partial charge in [0.1, 0.15) is 0 Å². The van der Waals surface area contributed by atoms with Crippen LogP contribution in [0.25, 0.3) is 10.8 Å². The topological polar surface area (TPSA) is 97.4 Å². The van der Waals surface area contributed by atoms with Gasteiger partial charge in [0.05, 0.1) is 5.41 Å². The first kappa shape index (κ1) is 25.3. The summed E-state index contributed by atoms with van der Waals surface area (Å²) in [5, 5.41) is 1.19. The molecule has 0 saturated carbocycles. The van der Waals surface area contributed by atoms with Crippen molar-refractivity contribution in [3.05, 3.63) is 29.8 Å². The van der Waals surface area contributed by atoms with Crippen LogP contribution in [0.5, 0.6) is 17.2 Å². The molecule has 0 aromatic heterocycles. The number of ether oxygens (including phenoxy) is 5. The standard InChI is InChI=1S/C24H30O8/c1-13-10-9-11-16-12-17(30-21(25)14(2)28-7)19(31-22(26)15(3)29-8)20(18(13)16)32-23(27)24(4,5)6/h9-12,14-15H,1-8H3. The monoisotopic (exact) mass is 446 g/mol. The van der Waals surface area contributed by atoms with Crippen LogP contribution in [0.1, 0.15) is 40.2 Å². The normalized spacial score (nSPS) is 13.4. The molecule has 32 heavy (non-hydrogen) atoms. The van der Waals surface area contributed by atoms with E-state index in [9.17, 15) is 14.4 Å². The van der Waals surface area contributed by atoms with Crippen LogP contribution in [-0.4, -0.2) is 44.3 Å². The highest BCUT2D eigenvalue weighted by atomic mass is 16.6. The molecule has 0 spiro atoms. The molecule has 0 saturated heterocycles. The molecule has 0 N–H and O–H groups in total. The molecule has 0 aliphatic carbocycles.